The molecule has 1 aliphatic heterocycles. The second-order valence-corrected chi connectivity index (χ2v) is 10.8. The molecule has 0 aliphatic carbocycles. The van der Waals surface area contributed by atoms with E-state index in [0.29, 0.717) is 17.7 Å². The van der Waals surface area contributed by atoms with Gasteiger partial charge in [0.05, 0.1) is 18.4 Å². The zero-order chi connectivity index (χ0) is 23.9. The van der Waals surface area contributed by atoms with Crippen LogP contribution >= 0.6 is 10.6 Å². The van der Waals surface area contributed by atoms with Crippen LogP contribution < -0.4 is 10.1 Å². The highest BCUT2D eigenvalue weighted by molar-refractivity contribution is 8.24. The van der Waals surface area contributed by atoms with Gasteiger partial charge in [0.15, 0.2) is 0 Å². The fourth-order valence-corrected chi connectivity index (χ4v) is 6.13. The number of hydrogen-bond acceptors (Lipinski definition) is 4. The second kappa shape index (κ2) is 8.79. The molecule has 1 amide bonds. The Kier molecular flexibility index (Phi) is 5.81. The summed E-state index contributed by atoms with van der Waals surface area (Å²) in [7, 11) is -0.977. The minimum absolute atomic E-state index is 0.187. The second-order valence-electron chi connectivity index (χ2n) is 8.49. The summed E-state index contributed by atoms with van der Waals surface area (Å²) in [4.78, 5) is 13.0. The highest BCUT2D eigenvalue weighted by Gasteiger charge is 2.29. The Balaban J connectivity index is 1.58. The SMILES string of the molecule is COc1cccc(-c2cn(-c3ccc(F)cc3)c3cc(C(=O)NC4CCS(O)(O)C4)ccc23)c1. The van der Waals surface area contributed by atoms with Gasteiger partial charge in [-0.05, 0) is 60.5 Å². The van der Waals surface area contributed by atoms with Crippen LogP contribution in [0.5, 0.6) is 5.75 Å². The summed E-state index contributed by atoms with van der Waals surface area (Å²) in [5.41, 5.74) is 3.94. The lowest BCUT2D eigenvalue weighted by molar-refractivity contribution is 0.0941. The molecule has 1 atom stereocenters. The summed E-state index contributed by atoms with van der Waals surface area (Å²) in [5.74, 6) is 0.648. The smallest absolute Gasteiger partial charge is 0.251 e. The molecule has 1 fully saturated rings. The fourth-order valence-electron chi connectivity index (χ4n) is 4.41. The van der Waals surface area contributed by atoms with Crippen LogP contribution in [0.3, 0.4) is 0 Å². The molecule has 8 heteroatoms. The van der Waals surface area contributed by atoms with E-state index in [0.717, 1.165) is 33.5 Å². The largest absolute Gasteiger partial charge is 0.497 e. The topological polar surface area (TPSA) is 83.7 Å². The third kappa shape index (κ3) is 4.40. The number of nitrogens with one attached hydrogen (secondary N) is 1. The van der Waals surface area contributed by atoms with Crippen molar-refractivity contribution in [2.45, 2.75) is 12.5 Å². The first-order chi connectivity index (χ1) is 16.3. The molecule has 1 aromatic heterocycles. The number of carbonyl (C=O) groups excluding carboxylic acids is 1. The molecule has 176 valence electrons. The van der Waals surface area contributed by atoms with E-state index in [2.05, 4.69) is 5.32 Å². The Labute approximate surface area is 198 Å². The predicted octanol–water partition coefficient (Wildman–Crippen LogP) is 5.70. The maximum atomic E-state index is 13.6. The van der Waals surface area contributed by atoms with Crippen molar-refractivity contribution in [1.29, 1.82) is 0 Å². The van der Waals surface area contributed by atoms with Crippen molar-refractivity contribution in [3.8, 4) is 22.6 Å². The summed E-state index contributed by atoms with van der Waals surface area (Å²) < 4.78 is 40.6. The quantitative estimate of drug-likeness (QED) is 0.342. The average Bonchev–Trinajstić information content (AvgIpc) is 3.38. The van der Waals surface area contributed by atoms with Crippen LogP contribution in [0, 0.1) is 5.82 Å². The Hall–Kier alpha value is -3.33. The zero-order valence-corrected chi connectivity index (χ0v) is 19.4. The molecular weight excluding hydrogens is 455 g/mol. The maximum absolute atomic E-state index is 13.6. The number of methoxy groups -OCH3 is 1. The lowest BCUT2D eigenvalue weighted by Crippen LogP contribution is -2.35. The normalized spacial score (nSPS) is 18.1. The van der Waals surface area contributed by atoms with E-state index >= 15 is 0 Å². The van der Waals surface area contributed by atoms with Gasteiger partial charge >= 0.3 is 0 Å². The summed E-state index contributed by atoms with van der Waals surface area (Å²) in [6.45, 7) is 0. The molecule has 0 bridgehead atoms. The van der Waals surface area contributed by atoms with Crippen molar-refractivity contribution in [2.75, 3.05) is 18.6 Å². The van der Waals surface area contributed by atoms with Gasteiger partial charge < -0.3 is 14.6 Å². The van der Waals surface area contributed by atoms with E-state index in [-0.39, 0.29) is 23.5 Å². The number of nitrogens with zero attached hydrogens (tertiary/aromatic N) is 1. The number of fused-ring (bicyclic) bond motifs is 1. The molecule has 2 heterocycles. The van der Waals surface area contributed by atoms with Gasteiger partial charge in [0.2, 0.25) is 0 Å². The minimum atomic E-state index is -2.60. The van der Waals surface area contributed by atoms with Crippen LogP contribution in [-0.4, -0.2) is 44.2 Å². The molecule has 3 N–H and O–H groups in total. The number of carbonyl (C=O) groups is 1. The summed E-state index contributed by atoms with van der Waals surface area (Å²) in [5, 5.41) is 3.86. The molecule has 1 unspecified atom stereocenters. The minimum Gasteiger partial charge on any atom is -0.497 e. The van der Waals surface area contributed by atoms with Gasteiger partial charge in [-0.25, -0.2) is 4.39 Å². The maximum Gasteiger partial charge on any atom is 0.251 e. The van der Waals surface area contributed by atoms with Gasteiger partial charge in [0.25, 0.3) is 5.91 Å². The van der Waals surface area contributed by atoms with Crippen molar-refractivity contribution in [3.05, 3.63) is 84.3 Å². The summed E-state index contributed by atoms with van der Waals surface area (Å²) in [6, 6.07) is 19.2. The van der Waals surface area contributed by atoms with Crippen LogP contribution in [0.2, 0.25) is 0 Å². The van der Waals surface area contributed by atoms with Gasteiger partial charge in [0, 0.05) is 40.2 Å². The monoisotopic (exact) mass is 480 g/mol. The first-order valence-corrected chi connectivity index (χ1v) is 12.8. The molecule has 3 aromatic carbocycles. The van der Waals surface area contributed by atoms with E-state index in [4.69, 9.17) is 4.74 Å². The molecule has 0 radical (unpaired) electrons. The van der Waals surface area contributed by atoms with E-state index in [1.807, 2.05) is 47.2 Å². The standard InChI is InChI=1S/C26H25FN2O4S/c1-33-22-4-2-3-17(13-22)24-15-29(21-8-6-19(27)7-9-21)25-14-18(5-10-23(24)25)26(30)28-20-11-12-34(31,32)16-20/h2-10,13-15,20,31-32H,11-12,16H2,1H3,(H,28,30). The number of rotatable bonds is 5. The first-order valence-electron chi connectivity index (χ1n) is 10.9. The highest BCUT2D eigenvalue weighted by Crippen LogP contribution is 2.45. The van der Waals surface area contributed by atoms with Crippen molar-refractivity contribution < 1.29 is 23.0 Å². The Bertz CT molecular complexity index is 1370. The Morgan fingerprint density at radius 1 is 1.12 bits per heavy atom. The van der Waals surface area contributed by atoms with Crippen LogP contribution in [0.1, 0.15) is 16.8 Å². The fraction of sp³-hybridized carbons (Fsp3) is 0.192. The van der Waals surface area contributed by atoms with Gasteiger partial charge in [-0.1, -0.05) is 18.2 Å². The average molecular weight is 481 g/mol. The molecular formula is C26H25FN2O4S. The number of benzene rings is 3. The van der Waals surface area contributed by atoms with E-state index in [1.54, 1.807) is 25.3 Å². The molecule has 4 aromatic rings. The van der Waals surface area contributed by atoms with Crippen molar-refractivity contribution in [3.63, 3.8) is 0 Å². The summed E-state index contributed by atoms with van der Waals surface area (Å²) >= 11 is 0. The predicted molar refractivity (Wildman–Crippen MR) is 134 cm³/mol. The lowest BCUT2D eigenvalue weighted by Gasteiger charge is -2.26. The van der Waals surface area contributed by atoms with E-state index in [1.165, 1.54) is 12.1 Å². The molecule has 1 aliphatic rings. The lowest BCUT2D eigenvalue weighted by atomic mass is 10.0. The van der Waals surface area contributed by atoms with Gasteiger partial charge in [-0.3, -0.25) is 13.9 Å². The number of amides is 1. The Morgan fingerprint density at radius 3 is 2.62 bits per heavy atom. The van der Waals surface area contributed by atoms with Gasteiger partial charge in [-0.15, -0.1) is 0 Å². The van der Waals surface area contributed by atoms with Crippen LogP contribution in [0.25, 0.3) is 27.7 Å². The van der Waals surface area contributed by atoms with E-state index < -0.39 is 10.6 Å². The van der Waals surface area contributed by atoms with Crippen molar-refractivity contribution >= 4 is 27.4 Å². The van der Waals surface area contributed by atoms with Crippen LogP contribution in [0.15, 0.2) is 72.9 Å². The van der Waals surface area contributed by atoms with Gasteiger partial charge in [-0.2, -0.15) is 10.6 Å². The van der Waals surface area contributed by atoms with Crippen molar-refractivity contribution in [1.82, 2.24) is 9.88 Å². The number of hydrogen-bond donors (Lipinski definition) is 3. The van der Waals surface area contributed by atoms with E-state index in [9.17, 15) is 18.3 Å². The third-order valence-electron chi connectivity index (χ3n) is 6.15. The molecule has 0 saturated carbocycles. The molecule has 0 spiro atoms. The Morgan fingerprint density at radius 2 is 1.91 bits per heavy atom. The first kappa shape index (κ1) is 22.5. The number of ether oxygens (including phenoxy) is 1. The number of aromatic nitrogens is 1. The number of halogens is 1. The highest BCUT2D eigenvalue weighted by atomic mass is 32.3. The third-order valence-corrected chi connectivity index (χ3v) is 7.98. The van der Waals surface area contributed by atoms with Gasteiger partial charge in [0.1, 0.15) is 11.6 Å². The zero-order valence-electron chi connectivity index (χ0n) is 18.6. The molecule has 5 rings (SSSR count). The molecule has 6 nitrogen and oxygen atoms in total. The molecule has 1 saturated heterocycles. The summed E-state index contributed by atoms with van der Waals surface area (Å²) in [6.07, 6.45) is 2.52. The van der Waals surface area contributed by atoms with Crippen LogP contribution in [0.4, 0.5) is 4.39 Å². The van der Waals surface area contributed by atoms with Crippen molar-refractivity contribution in [2.24, 2.45) is 0 Å². The van der Waals surface area contributed by atoms with Crippen LogP contribution in [-0.2, 0) is 0 Å². The molecule has 34 heavy (non-hydrogen) atoms.